The minimum Gasteiger partial charge on any atom is -0.249 e. The van der Waals surface area contributed by atoms with Crippen molar-refractivity contribution < 1.29 is 0 Å². The van der Waals surface area contributed by atoms with Crippen LogP contribution in [0.15, 0.2) is 47.4 Å². The molecule has 0 atom stereocenters. The zero-order valence-electron chi connectivity index (χ0n) is 12.9. The van der Waals surface area contributed by atoms with Gasteiger partial charge in [0.25, 0.3) is 0 Å². The number of aromatic nitrogens is 3. The molecule has 22 heavy (non-hydrogen) atoms. The molecule has 1 aromatic carbocycles. The van der Waals surface area contributed by atoms with Crippen LogP contribution in [0.4, 0.5) is 0 Å². The van der Waals surface area contributed by atoms with Crippen LogP contribution >= 0.6 is 11.6 Å². The van der Waals surface area contributed by atoms with Gasteiger partial charge in [0.05, 0.1) is 11.6 Å². The Morgan fingerprint density at radius 3 is 2.41 bits per heavy atom. The highest BCUT2D eigenvalue weighted by molar-refractivity contribution is 6.33. The lowest BCUT2D eigenvalue weighted by Crippen LogP contribution is -2.21. The second-order valence-corrected chi connectivity index (χ2v) is 6.84. The molecule has 0 amide bonds. The van der Waals surface area contributed by atoms with Gasteiger partial charge in [-0.05, 0) is 28.7 Å². The summed E-state index contributed by atoms with van der Waals surface area (Å²) >= 11 is 6.08. The SMILES string of the molecule is CC(C)(C)c1ccc(Cn2nc3c(Cl)cccn3c2=O)cc1. The van der Waals surface area contributed by atoms with Crippen molar-refractivity contribution in [3.63, 3.8) is 0 Å². The maximum Gasteiger partial charge on any atom is 0.350 e. The van der Waals surface area contributed by atoms with Crippen LogP contribution < -0.4 is 5.69 Å². The average molecular weight is 316 g/mol. The van der Waals surface area contributed by atoms with E-state index >= 15 is 0 Å². The highest BCUT2D eigenvalue weighted by atomic mass is 35.5. The molecule has 0 saturated carbocycles. The molecule has 3 aromatic rings. The number of hydrogen-bond donors (Lipinski definition) is 0. The number of nitrogens with zero attached hydrogens (tertiary/aromatic N) is 3. The maximum atomic E-state index is 12.3. The first kappa shape index (κ1) is 14.9. The molecular weight excluding hydrogens is 298 g/mol. The van der Waals surface area contributed by atoms with E-state index in [2.05, 4.69) is 38.0 Å². The van der Waals surface area contributed by atoms with Gasteiger partial charge in [0.2, 0.25) is 0 Å². The summed E-state index contributed by atoms with van der Waals surface area (Å²) in [4.78, 5) is 12.3. The standard InChI is InChI=1S/C17H18ClN3O/c1-17(2,3)13-8-6-12(7-9-13)11-21-16(22)20-10-4-5-14(18)15(20)19-21/h4-10H,11H2,1-3H3. The van der Waals surface area contributed by atoms with Crippen LogP contribution in [0, 0.1) is 0 Å². The van der Waals surface area contributed by atoms with Crippen molar-refractivity contribution in [3.05, 3.63) is 69.2 Å². The van der Waals surface area contributed by atoms with Crippen molar-refractivity contribution in [1.82, 2.24) is 14.2 Å². The molecule has 5 heteroatoms. The Kier molecular flexibility index (Phi) is 3.57. The van der Waals surface area contributed by atoms with Gasteiger partial charge in [0.1, 0.15) is 0 Å². The Morgan fingerprint density at radius 2 is 1.82 bits per heavy atom. The van der Waals surface area contributed by atoms with Crippen molar-refractivity contribution in [1.29, 1.82) is 0 Å². The van der Waals surface area contributed by atoms with E-state index in [1.54, 1.807) is 18.3 Å². The quantitative estimate of drug-likeness (QED) is 0.726. The molecule has 4 nitrogen and oxygen atoms in total. The molecule has 0 aliphatic carbocycles. The van der Waals surface area contributed by atoms with Crippen molar-refractivity contribution in [2.75, 3.05) is 0 Å². The normalized spacial score (nSPS) is 12.0. The van der Waals surface area contributed by atoms with Gasteiger partial charge < -0.3 is 0 Å². The summed E-state index contributed by atoms with van der Waals surface area (Å²) in [5.74, 6) is 0. The summed E-state index contributed by atoms with van der Waals surface area (Å²) < 4.78 is 2.90. The average Bonchev–Trinajstić information content (AvgIpc) is 2.77. The van der Waals surface area contributed by atoms with Crippen molar-refractivity contribution >= 4 is 17.2 Å². The predicted octanol–water partition coefficient (Wildman–Crippen LogP) is 3.50. The first-order valence-corrected chi connectivity index (χ1v) is 7.57. The summed E-state index contributed by atoms with van der Waals surface area (Å²) in [6.07, 6.45) is 1.68. The molecule has 114 valence electrons. The third kappa shape index (κ3) is 2.66. The molecule has 0 bridgehead atoms. The molecule has 2 aromatic heterocycles. The highest BCUT2D eigenvalue weighted by Gasteiger charge is 2.14. The van der Waals surface area contributed by atoms with Crippen molar-refractivity contribution in [2.24, 2.45) is 0 Å². The van der Waals surface area contributed by atoms with E-state index < -0.39 is 0 Å². The minimum atomic E-state index is -0.183. The van der Waals surface area contributed by atoms with E-state index in [0.717, 1.165) is 5.56 Å². The van der Waals surface area contributed by atoms with Gasteiger partial charge in [-0.25, -0.2) is 13.9 Å². The monoisotopic (exact) mass is 315 g/mol. The molecule has 0 N–H and O–H groups in total. The highest BCUT2D eigenvalue weighted by Crippen LogP contribution is 2.22. The van der Waals surface area contributed by atoms with Gasteiger partial charge in [-0.2, -0.15) is 0 Å². The van der Waals surface area contributed by atoms with Gasteiger partial charge in [0.15, 0.2) is 5.65 Å². The van der Waals surface area contributed by atoms with Crippen molar-refractivity contribution in [2.45, 2.75) is 32.7 Å². The predicted molar refractivity (Wildman–Crippen MR) is 88.7 cm³/mol. The van der Waals surface area contributed by atoms with E-state index in [9.17, 15) is 4.79 Å². The van der Waals surface area contributed by atoms with Crippen LogP contribution in [-0.4, -0.2) is 14.2 Å². The van der Waals surface area contributed by atoms with E-state index in [0.29, 0.717) is 17.2 Å². The summed E-state index contributed by atoms with van der Waals surface area (Å²) in [6.45, 7) is 6.96. The molecule has 0 aliphatic rings. The van der Waals surface area contributed by atoms with Crippen LogP contribution in [0.1, 0.15) is 31.9 Å². The van der Waals surface area contributed by atoms with Gasteiger partial charge >= 0.3 is 5.69 Å². The molecule has 2 heterocycles. The summed E-state index contributed by atoms with van der Waals surface area (Å²) in [7, 11) is 0. The second kappa shape index (κ2) is 5.29. The number of rotatable bonds is 2. The second-order valence-electron chi connectivity index (χ2n) is 6.44. The Hall–Kier alpha value is -2.07. The van der Waals surface area contributed by atoms with Gasteiger partial charge in [0, 0.05) is 6.20 Å². The number of pyridine rings is 1. The lowest BCUT2D eigenvalue weighted by molar-refractivity contribution is 0.589. The molecule has 0 fully saturated rings. The van der Waals surface area contributed by atoms with Crippen LogP contribution in [-0.2, 0) is 12.0 Å². The summed E-state index contributed by atoms with van der Waals surface area (Å²) in [5, 5.41) is 4.79. The molecule has 3 rings (SSSR count). The van der Waals surface area contributed by atoms with Gasteiger partial charge in [-0.15, -0.1) is 5.10 Å². The van der Waals surface area contributed by atoms with E-state index in [-0.39, 0.29) is 11.1 Å². The Labute approximate surface area is 134 Å². The molecule has 0 radical (unpaired) electrons. The Morgan fingerprint density at radius 1 is 1.14 bits per heavy atom. The topological polar surface area (TPSA) is 39.3 Å². The lowest BCUT2D eigenvalue weighted by atomic mass is 9.87. The smallest absolute Gasteiger partial charge is 0.249 e. The minimum absolute atomic E-state index is 0.117. The van der Waals surface area contributed by atoms with Gasteiger partial charge in [-0.3, -0.25) is 0 Å². The molecule has 0 aliphatic heterocycles. The van der Waals surface area contributed by atoms with Crippen LogP contribution in [0.2, 0.25) is 5.02 Å². The summed E-state index contributed by atoms with van der Waals surface area (Å²) in [5.41, 5.74) is 2.72. The molecule has 0 unspecified atom stereocenters. The lowest BCUT2D eigenvalue weighted by Gasteiger charge is -2.19. The first-order valence-electron chi connectivity index (χ1n) is 7.19. The van der Waals surface area contributed by atoms with Gasteiger partial charge in [-0.1, -0.05) is 56.6 Å². The Bertz CT molecular complexity index is 870. The fourth-order valence-corrected chi connectivity index (χ4v) is 2.59. The number of fused-ring (bicyclic) bond motifs is 1. The maximum absolute atomic E-state index is 12.3. The van der Waals surface area contributed by atoms with Crippen LogP contribution in [0.5, 0.6) is 0 Å². The van der Waals surface area contributed by atoms with Crippen molar-refractivity contribution in [3.8, 4) is 0 Å². The Balaban J connectivity index is 1.95. The largest absolute Gasteiger partial charge is 0.350 e. The van der Waals surface area contributed by atoms with Crippen LogP contribution in [0.3, 0.4) is 0 Å². The number of halogens is 1. The van der Waals surface area contributed by atoms with Crippen LogP contribution in [0.25, 0.3) is 5.65 Å². The molecule has 0 saturated heterocycles. The van der Waals surface area contributed by atoms with E-state index in [1.807, 2.05) is 12.1 Å². The number of hydrogen-bond acceptors (Lipinski definition) is 2. The zero-order valence-corrected chi connectivity index (χ0v) is 13.6. The fourth-order valence-electron chi connectivity index (χ4n) is 2.39. The fraction of sp³-hybridized carbons (Fsp3) is 0.294. The third-order valence-corrected chi connectivity index (χ3v) is 4.01. The summed E-state index contributed by atoms with van der Waals surface area (Å²) in [6, 6.07) is 11.7. The first-order chi connectivity index (χ1) is 10.4. The molecular formula is C17H18ClN3O. The number of benzene rings is 1. The zero-order chi connectivity index (χ0) is 15.9. The third-order valence-electron chi connectivity index (χ3n) is 3.71. The van der Waals surface area contributed by atoms with E-state index in [1.165, 1.54) is 14.6 Å². The van der Waals surface area contributed by atoms with E-state index in [4.69, 9.17) is 11.6 Å². The molecule has 0 spiro atoms.